The lowest BCUT2D eigenvalue weighted by molar-refractivity contribution is 0.0386. The Kier molecular flexibility index (Phi) is 13.3. The van der Waals surface area contributed by atoms with E-state index in [0.29, 0.717) is 36.7 Å². The summed E-state index contributed by atoms with van der Waals surface area (Å²) in [7, 11) is 0. The number of ether oxygens (including phenoxy) is 3. The van der Waals surface area contributed by atoms with E-state index in [-0.39, 0.29) is 39.4 Å². The van der Waals surface area contributed by atoms with Gasteiger partial charge in [0.2, 0.25) is 18.2 Å². The van der Waals surface area contributed by atoms with E-state index >= 15 is 0 Å². The van der Waals surface area contributed by atoms with Gasteiger partial charge < -0.3 is 14.2 Å². The average Bonchev–Trinajstić information content (AvgIpc) is 2.79. The van der Waals surface area contributed by atoms with Crippen LogP contribution < -0.4 is 4.74 Å². The predicted molar refractivity (Wildman–Crippen MR) is 113 cm³/mol. The topological polar surface area (TPSA) is 165 Å². The van der Waals surface area contributed by atoms with E-state index < -0.39 is 0 Å². The molecular weight excluding hydrogens is 420 g/mol. The van der Waals surface area contributed by atoms with Crippen LogP contribution in [0.1, 0.15) is 27.8 Å². The van der Waals surface area contributed by atoms with Gasteiger partial charge in [0.15, 0.2) is 0 Å². The van der Waals surface area contributed by atoms with Crippen molar-refractivity contribution in [2.45, 2.75) is 33.5 Å². The molecule has 32 heavy (non-hydrogen) atoms. The fraction of sp³-hybridized carbons (Fsp3) is 0.550. The first kappa shape index (κ1) is 26.4. The molecule has 0 unspecified atom stereocenters. The van der Waals surface area contributed by atoms with Crippen LogP contribution in [-0.2, 0) is 43.5 Å². The van der Waals surface area contributed by atoms with Crippen LogP contribution in [0.25, 0.3) is 10.4 Å². The lowest BCUT2D eigenvalue weighted by atomic mass is 9.91. The predicted octanol–water partition coefficient (Wildman–Crippen LogP) is 2.53. The number of rotatable bonds is 16. The number of benzene rings is 1. The zero-order valence-electron chi connectivity index (χ0n) is 18.0. The highest BCUT2D eigenvalue weighted by atomic mass is 16.5. The SMILES string of the molecule is Cc1c(CN=C=O)c(C)c(CN=C=O)c(OCCOCCOCCN=[N+]=[N-])c1CN=C=O. The summed E-state index contributed by atoms with van der Waals surface area (Å²) in [6.45, 7) is 5.36. The number of hydrogen-bond acceptors (Lipinski definition) is 10. The molecule has 0 aliphatic rings. The molecule has 0 fully saturated rings. The van der Waals surface area contributed by atoms with E-state index in [2.05, 4.69) is 25.0 Å². The van der Waals surface area contributed by atoms with Crippen LogP contribution in [0, 0.1) is 13.8 Å². The largest absolute Gasteiger partial charge is 0.490 e. The van der Waals surface area contributed by atoms with Crippen LogP contribution in [0.4, 0.5) is 0 Å². The Morgan fingerprint density at radius 2 is 1.22 bits per heavy atom. The molecule has 0 atom stereocenters. The first-order valence-electron chi connectivity index (χ1n) is 9.66. The smallest absolute Gasteiger partial charge is 0.235 e. The molecule has 0 saturated heterocycles. The Labute approximate surface area is 184 Å². The summed E-state index contributed by atoms with van der Waals surface area (Å²) in [6, 6.07) is 0. The Morgan fingerprint density at radius 3 is 1.72 bits per heavy atom. The quantitative estimate of drug-likeness (QED) is 0.0949. The van der Waals surface area contributed by atoms with Crippen molar-refractivity contribution in [2.24, 2.45) is 20.1 Å². The van der Waals surface area contributed by atoms with Crippen LogP contribution in [0.2, 0.25) is 0 Å². The van der Waals surface area contributed by atoms with Crippen molar-refractivity contribution in [3.63, 3.8) is 0 Å². The van der Waals surface area contributed by atoms with Crippen molar-refractivity contribution in [1.29, 1.82) is 0 Å². The standard InChI is InChI=1S/C20H24N6O6/c1-15-17(9-22-12-27)16(2)19(11-24-14-29)20(18(15)10-23-13-28)32-8-7-31-6-5-30-4-3-25-26-21/h3-11H2,1-2H3. The molecular formula is C20H24N6O6. The Balaban J connectivity index is 2.98. The Hall–Kier alpha value is -3.61. The molecule has 0 amide bonds. The number of nitrogens with zero attached hydrogens (tertiary/aromatic N) is 6. The van der Waals surface area contributed by atoms with Gasteiger partial charge in [-0.3, -0.25) is 0 Å². The van der Waals surface area contributed by atoms with Gasteiger partial charge in [-0.05, 0) is 36.1 Å². The molecule has 1 aromatic carbocycles. The summed E-state index contributed by atoms with van der Waals surface area (Å²) in [6.07, 6.45) is 4.51. The maximum atomic E-state index is 10.7. The third kappa shape index (κ3) is 8.63. The summed E-state index contributed by atoms with van der Waals surface area (Å²) in [5.74, 6) is 0.436. The van der Waals surface area contributed by atoms with E-state index in [0.717, 1.165) is 16.7 Å². The third-order valence-electron chi connectivity index (χ3n) is 4.51. The highest BCUT2D eigenvalue weighted by Gasteiger charge is 2.20. The van der Waals surface area contributed by atoms with Gasteiger partial charge in [-0.1, -0.05) is 5.11 Å². The molecule has 0 spiro atoms. The minimum Gasteiger partial charge on any atom is -0.490 e. The van der Waals surface area contributed by atoms with E-state index in [4.69, 9.17) is 19.7 Å². The fourth-order valence-electron chi connectivity index (χ4n) is 2.97. The molecule has 0 heterocycles. The second-order valence-corrected chi connectivity index (χ2v) is 6.27. The first-order valence-corrected chi connectivity index (χ1v) is 9.66. The fourth-order valence-corrected chi connectivity index (χ4v) is 2.97. The van der Waals surface area contributed by atoms with Crippen molar-refractivity contribution < 1.29 is 28.6 Å². The van der Waals surface area contributed by atoms with Crippen molar-refractivity contribution >= 4 is 18.2 Å². The zero-order valence-corrected chi connectivity index (χ0v) is 18.0. The van der Waals surface area contributed by atoms with Crippen LogP contribution in [0.15, 0.2) is 20.1 Å². The average molecular weight is 444 g/mol. The molecule has 12 nitrogen and oxygen atoms in total. The molecule has 0 saturated carbocycles. The molecule has 0 aliphatic heterocycles. The lowest BCUT2D eigenvalue weighted by Gasteiger charge is -2.21. The minimum absolute atomic E-state index is 0.000427. The van der Waals surface area contributed by atoms with Crippen molar-refractivity contribution in [1.82, 2.24) is 0 Å². The van der Waals surface area contributed by atoms with E-state index in [9.17, 15) is 14.4 Å². The second-order valence-electron chi connectivity index (χ2n) is 6.27. The molecule has 0 N–H and O–H groups in total. The van der Waals surface area contributed by atoms with Gasteiger partial charge >= 0.3 is 0 Å². The zero-order chi connectivity index (χ0) is 23.6. The molecule has 12 heteroatoms. The number of hydrogen-bond donors (Lipinski definition) is 0. The summed E-state index contributed by atoms with van der Waals surface area (Å²) in [4.78, 5) is 45.6. The molecule has 170 valence electrons. The molecule has 0 aromatic heterocycles. The second kappa shape index (κ2) is 16.1. The summed E-state index contributed by atoms with van der Waals surface area (Å²) >= 11 is 0. The van der Waals surface area contributed by atoms with E-state index in [1.54, 1.807) is 0 Å². The molecule has 0 bridgehead atoms. The normalized spacial score (nSPS) is 9.69. The maximum Gasteiger partial charge on any atom is 0.235 e. The van der Waals surface area contributed by atoms with Gasteiger partial charge in [0.25, 0.3) is 0 Å². The van der Waals surface area contributed by atoms with Crippen LogP contribution in [0.5, 0.6) is 5.75 Å². The van der Waals surface area contributed by atoms with Crippen LogP contribution in [0.3, 0.4) is 0 Å². The number of isocyanates is 3. The molecule has 0 aliphatic carbocycles. The highest BCUT2D eigenvalue weighted by Crippen LogP contribution is 2.35. The number of carbonyl (C=O) groups excluding carboxylic acids is 3. The Morgan fingerprint density at radius 1 is 0.750 bits per heavy atom. The third-order valence-corrected chi connectivity index (χ3v) is 4.51. The van der Waals surface area contributed by atoms with Gasteiger partial charge in [-0.25, -0.2) is 29.4 Å². The van der Waals surface area contributed by atoms with Crippen molar-refractivity contribution in [2.75, 3.05) is 39.6 Å². The van der Waals surface area contributed by atoms with Gasteiger partial charge in [-0.2, -0.15) is 0 Å². The minimum atomic E-state index is 0.000427. The van der Waals surface area contributed by atoms with Gasteiger partial charge in [0.1, 0.15) is 12.4 Å². The summed E-state index contributed by atoms with van der Waals surface area (Å²) in [5, 5.41) is 3.35. The summed E-state index contributed by atoms with van der Waals surface area (Å²) in [5.41, 5.74) is 11.6. The first-order chi connectivity index (χ1) is 15.6. The van der Waals surface area contributed by atoms with Gasteiger partial charge in [-0.15, -0.1) is 0 Å². The van der Waals surface area contributed by atoms with Gasteiger partial charge in [0.05, 0.1) is 46.1 Å². The monoisotopic (exact) mass is 444 g/mol. The molecule has 0 radical (unpaired) electrons. The van der Waals surface area contributed by atoms with Crippen molar-refractivity contribution in [3.8, 4) is 5.75 Å². The maximum absolute atomic E-state index is 10.7. The molecule has 1 rings (SSSR count). The number of azide groups is 1. The van der Waals surface area contributed by atoms with Gasteiger partial charge in [0, 0.05) is 22.6 Å². The molecule has 1 aromatic rings. The van der Waals surface area contributed by atoms with E-state index in [1.165, 1.54) is 18.2 Å². The van der Waals surface area contributed by atoms with Crippen LogP contribution in [-0.4, -0.2) is 57.8 Å². The Bertz CT molecular complexity index is 909. The van der Waals surface area contributed by atoms with Crippen molar-refractivity contribution in [3.05, 3.63) is 38.3 Å². The summed E-state index contributed by atoms with van der Waals surface area (Å²) < 4.78 is 16.6. The van der Waals surface area contributed by atoms with Crippen LogP contribution >= 0.6 is 0 Å². The highest BCUT2D eigenvalue weighted by molar-refractivity contribution is 5.56. The number of aliphatic imine (C=N–C) groups is 3. The lowest BCUT2D eigenvalue weighted by Crippen LogP contribution is -2.14. The van der Waals surface area contributed by atoms with E-state index in [1.807, 2.05) is 13.8 Å².